The molecule has 0 aliphatic carbocycles. The number of phosphoric ester groups is 2. The smallest absolute Gasteiger partial charge is 0.462 e. The summed E-state index contributed by atoms with van der Waals surface area (Å²) in [5, 5.41) is 10.5. The quantitative estimate of drug-likeness (QED) is 0.0222. The van der Waals surface area contributed by atoms with Gasteiger partial charge in [-0.2, -0.15) is 0 Å². The SMILES string of the molecule is CCCCCCCCCCCCCCCCC(=O)O[C@H](COC(=O)CCCCCCCCCCCCC)COP(=O)(O)OC[C@@H](O)COP(=O)(O)OC[C@@H](COC(=O)CCCCCCC)OC(=O)CCCCCCCCCCC. The predicted octanol–water partition coefficient (Wildman–Crippen LogP) is 16.4. The van der Waals surface area contributed by atoms with Gasteiger partial charge in [0.1, 0.15) is 19.3 Å². The number of unbranched alkanes of at least 4 members (excludes halogenated alkanes) is 35. The molecule has 0 saturated carbocycles. The lowest BCUT2D eigenvalue weighted by atomic mass is 10.0. The van der Waals surface area contributed by atoms with Gasteiger partial charge in [0, 0.05) is 25.7 Å². The first-order chi connectivity index (χ1) is 38.2. The van der Waals surface area contributed by atoms with Crippen molar-refractivity contribution in [2.75, 3.05) is 39.6 Å². The van der Waals surface area contributed by atoms with E-state index in [1.807, 2.05) is 0 Å². The topological polar surface area (TPSA) is 237 Å². The average Bonchev–Trinajstić information content (AvgIpc) is 3.42. The Bertz CT molecular complexity index is 1540. The summed E-state index contributed by atoms with van der Waals surface area (Å²) in [7, 11) is -9.87. The molecule has 468 valence electrons. The molecule has 3 N–H and O–H groups in total. The fourth-order valence-electron chi connectivity index (χ4n) is 8.93. The van der Waals surface area contributed by atoms with Gasteiger partial charge in [-0.1, -0.05) is 252 Å². The highest BCUT2D eigenvalue weighted by atomic mass is 31.2. The third-order valence-electron chi connectivity index (χ3n) is 13.9. The third-order valence-corrected chi connectivity index (χ3v) is 15.8. The summed E-state index contributed by atoms with van der Waals surface area (Å²) in [4.78, 5) is 71.7. The van der Waals surface area contributed by atoms with E-state index < -0.39 is 97.5 Å². The van der Waals surface area contributed by atoms with Gasteiger partial charge < -0.3 is 33.8 Å². The second-order valence-electron chi connectivity index (χ2n) is 21.7. The molecular weight excluding hydrogens is 1050 g/mol. The first-order valence-electron chi connectivity index (χ1n) is 31.8. The maximum Gasteiger partial charge on any atom is 0.472 e. The number of hydrogen-bond donors (Lipinski definition) is 3. The van der Waals surface area contributed by atoms with Gasteiger partial charge in [0.25, 0.3) is 0 Å². The van der Waals surface area contributed by atoms with Crippen LogP contribution in [-0.2, 0) is 65.4 Å². The Morgan fingerprint density at radius 2 is 0.506 bits per heavy atom. The van der Waals surface area contributed by atoms with Crippen molar-refractivity contribution in [2.45, 2.75) is 322 Å². The van der Waals surface area contributed by atoms with Gasteiger partial charge in [0.15, 0.2) is 12.2 Å². The molecule has 0 rings (SSSR count). The minimum absolute atomic E-state index is 0.105. The van der Waals surface area contributed by atoms with Crippen molar-refractivity contribution >= 4 is 39.5 Å². The van der Waals surface area contributed by atoms with E-state index in [9.17, 15) is 43.2 Å². The van der Waals surface area contributed by atoms with E-state index in [0.717, 1.165) is 96.3 Å². The number of rotatable bonds is 61. The Morgan fingerprint density at radius 1 is 0.304 bits per heavy atom. The highest BCUT2D eigenvalue weighted by Gasteiger charge is 2.30. The van der Waals surface area contributed by atoms with Crippen LogP contribution in [0.1, 0.15) is 304 Å². The Hall–Kier alpha value is -1.94. The van der Waals surface area contributed by atoms with Crippen molar-refractivity contribution in [3.63, 3.8) is 0 Å². The summed E-state index contributed by atoms with van der Waals surface area (Å²) in [5.41, 5.74) is 0. The highest BCUT2D eigenvalue weighted by molar-refractivity contribution is 7.47. The minimum atomic E-state index is -4.94. The zero-order chi connectivity index (χ0) is 58.3. The van der Waals surface area contributed by atoms with Gasteiger partial charge in [-0.3, -0.25) is 37.3 Å². The van der Waals surface area contributed by atoms with E-state index >= 15 is 0 Å². The molecule has 0 amide bonds. The first kappa shape index (κ1) is 77.1. The molecule has 0 aromatic carbocycles. The van der Waals surface area contributed by atoms with Crippen LogP contribution < -0.4 is 0 Å². The summed E-state index contributed by atoms with van der Waals surface area (Å²) in [6.45, 7) is 4.76. The molecule has 0 saturated heterocycles. The largest absolute Gasteiger partial charge is 0.472 e. The van der Waals surface area contributed by atoms with Gasteiger partial charge in [0.05, 0.1) is 26.4 Å². The van der Waals surface area contributed by atoms with Crippen molar-refractivity contribution in [3.8, 4) is 0 Å². The van der Waals surface area contributed by atoms with E-state index in [1.165, 1.54) is 128 Å². The van der Waals surface area contributed by atoms with E-state index in [4.69, 9.17) is 37.0 Å². The molecule has 0 spiro atoms. The lowest BCUT2D eigenvalue weighted by molar-refractivity contribution is -0.161. The zero-order valence-electron chi connectivity index (χ0n) is 50.3. The molecule has 0 aromatic heterocycles. The Kier molecular flexibility index (Phi) is 53.9. The summed E-state index contributed by atoms with van der Waals surface area (Å²) >= 11 is 0. The van der Waals surface area contributed by atoms with Crippen LogP contribution in [0.4, 0.5) is 0 Å². The van der Waals surface area contributed by atoms with Crippen LogP contribution in [0.5, 0.6) is 0 Å². The molecule has 0 aliphatic rings. The molecule has 19 heteroatoms. The normalized spacial score (nSPS) is 14.3. The van der Waals surface area contributed by atoms with Gasteiger partial charge in [-0.25, -0.2) is 9.13 Å². The Balaban J connectivity index is 5.17. The number of esters is 4. The summed E-state index contributed by atoms with van der Waals surface area (Å²) in [6.07, 6.45) is 39.2. The lowest BCUT2D eigenvalue weighted by Crippen LogP contribution is -2.30. The average molecular weight is 1170 g/mol. The minimum Gasteiger partial charge on any atom is -0.462 e. The highest BCUT2D eigenvalue weighted by Crippen LogP contribution is 2.45. The molecule has 79 heavy (non-hydrogen) atoms. The number of hydrogen-bond acceptors (Lipinski definition) is 15. The summed E-state index contributed by atoms with van der Waals surface area (Å²) in [5.74, 6) is -2.15. The van der Waals surface area contributed by atoms with Crippen LogP contribution >= 0.6 is 15.6 Å². The van der Waals surface area contributed by atoms with E-state index in [1.54, 1.807) is 0 Å². The Labute approximate surface area is 479 Å². The van der Waals surface area contributed by atoms with Crippen molar-refractivity contribution in [2.24, 2.45) is 0 Å². The maximum atomic E-state index is 12.9. The van der Waals surface area contributed by atoms with Crippen LogP contribution in [0.15, 0.2) is 0 Å². The molecule has 0 fully saturated rings. The van der Waals surface area contributed by atoms with Crippen LogP contribution in [0, 0.1) is 0 Å². The monoisotopic (exact) mass is 1170 g/mol. The van der Waals surface area contributed by atoms with Crippen LogP contribution in [0.3, 0.4) is 0 Å². The molecule has 17 nitrogen and oxygen atoms in total. The summed E-state index contributed by atoms with van der Waals surface area (Å²) in [6, 6.07) is 0. The molecular formula is C60H116O17P2. The standard InChI is InChI=1S/C60H116O17P2/c1-5-9-13-17-20-23-25-26-27-29-32-35-39-43-47-60(65)77-56(51-71-58(63)45-41-37-33-31-28-24-21-18-14-10-6-2)53-75-79(68,69)73-49-54(61)48-72-78(66,67)74-52-55(50-70-57(62)44-40-36-16-12-8-4)76-59(64)46-42-38-34-30-22-19-15-11-7-3/h54-56,61H,5-53H2,1-4H3,(H,66,67)(H,68,69)/t54-,55+,56+/m0/s1. The number of phosphoric acid groups is 2. The maximum absolute atomic E-state index is 12.9. The fourth-order valence-corrected chi connectivity index (χ4v) is 10.5. The molecule has 0 heterocycles. The third kappa shape index (κ3) is 55.0. The number of carbonyl (C=O) groups is 4. The number of ether oxygens (including phenoxy) is 4. The van der Waals surface area contributed by atoms with E-state index in [0.29, 0.717) is 25.7 Å². The Morgan fingerprint density at radius 3 is 0.747 bits per heavy atom. The number of aliphatic hydroxyl groups is 1. The lowest BCUT2D eigenvalue weighted by Gasteiger charge is -2.21. The van der Waals surface area contributed by atoms with Crippen molar-refractivity contribution in [1.82, 2.24) is 0 Å². The van der Waals surface area contributed by atoms with Crippen LogP contribution in [0.2, 0.25) is 0 Å². The second kappa shape index (κ2) is 55.3. The van der Waals surface area contributed by atoms with E-state index in [2.05, 4.69) is 27.7 Å². The van der Waals surface area contributed by atoms with Gasteiger partial charge >= 0.3 is 39.5 Å². The molecule has 0 aliphatic heterocycles. The first-order valence-corrected chi connectivity index (χ1v) is 34.8. The van der Waals surface area contributed by atoms with Crippen molar-refractivity contribution < 1.29 is 80.2 Å². The fraction of sp³-hybridized carbons (Fsp3) is 0.933. The second-order valence-corrected chi connectivity index (χ2v) is 24.6. The summed E-state index contributed by atoms with van der Waals surface area (Å²) < 4.78 is 67.6. The van der Waals surface area contributed by atoms with Crippen LogP contribution in [-0.4, -0.2) is 96.7 Å². The number of aliphatic hydroxyl groups excluding tert-OH is 1. The van der Waals surface area contributed by atoms with Crippen molar-refractivity contribution in [3.05, 3.63) is 0 Å². The molecule has 5 atom stereocenters. The molecule has 2 unspecified atom stereocenters. The molecule has 0 radical (unpaired) electrons. The molecule has 0 aromatic rings. The van der Waals surface area contributed by atoms with Crippen molar-refractivity contribution in [1.29, 1.82) is 0 Å². The molecule has 0 bridgehead atoms. The van der Waals surface area contributed by atoms with Gasteiger partial charge in [-0.15, -0.1) is 0 Å². The van der Waals surface area contributed by atoms with Crippen LogP contribution in [0.25, 0.3) is 0 Å². The van der Waals surface area contributed by atoms with Gasteiger partial charge in [-0.05, 0) is 25.7 Å². The predicted molar refractivity (Wildman–Crippen MR) is 312 cm³/mol. The van der Waals surface area contributed by atoms with Gasteiger partial charge in [0.2, 0.25) is 0 Å². The zero-order valence-corrected chi connectivity index (χ0v) is 52.1. The van der Waals surface area contributed by atoms with E-state index in [-0.39, 0.29) is 25.7 Å². The number of carbonyl (C=O) groups excluding carboxylic acids is 4.